The molecule has 134 valence electrons. The Bertz CT molecular complexity index is 963. The minimum absolute atomic E-state index is 0.253. The van der Waals surface area contributed by atoms with Crippen LogP contribution in [-0.2, 0) is 4.74 Å². The van der Waals surface area contributed by atoms with E-state index in [-0.39, 0.29) is 5.56 Å². The minimum Gasteiger partial charge on any atom is -0.478 e. The van der Waals surface area contributed by atoms with Crippen molar-refractivity contribution in [1.82, 2.24) is 15.0 Å². The van der Waals surface area contributed by atoms with E-state index in [0.717, 1.165) is 5.56 Å². The number of hydrogen-bond acceptors (Lipinski definition) is 6. The second kappa shape index (κ2) is 6.64. The van der Waals surface area contributed by atoms with Gasteiger partial charge in [0.2, 0.25) is 5.95 Å². The molecule has 0 spiro atoms. The van der Waals surface area contributed by atoms with Crippen molar-refractivity contribution in [3.63, 3.8) is 0 Å². The highest BCUT2D eigenvalue weighted by Crippen LogP contribution is 2.28. The van der Waals surface area contributed by atoms with E-state index in [0.29, 0.717) is 54.8 Å². The first-order valence-corrected chi connectivity index (χ1v) is 8.40. The van der Waals surface area contributed by atoms with Crippen molar-refractivity contribution in [2.75, 3.05) is 36.5 Å². The highest BCUT2D eigenvalue weighted by Gasteiger charge is 2.20. The monoisotopic (exact) mass is 353 g/mol. The number of carboxylic acid groups (broad SMARTS) is 1. The van der Waals surface area contributed by atoms with Gasteiger partial charge in [0, 0.05) is 19.3 Å². The van der Waals surface area contributed by atoms with Crippen molar-refractivity contribution in [2.24, 2.45) is 0 Å². The minimum atomic E-state index is -0.960. The predicted molar refractivity (Wildman–Crippen MR) is 98.3 cm³/mol. The molecule has 1 aliphatic heterocycles. The van der Waals surface area contributed by atoms with Gasteiger partial charge in [-0.1, -0.05) is 6.07 Å². The SMILES string of the molecule is Cc1cccnc1Nc1nc2cc(N3CCOCC3)c(C(=O)O)cc2[nH]1. The third-order valence-electron chi connectivity index (χ3n) is 4.43. The number of aromatic amines is 1. The molecule has 1 aromatic carbocycles. The van der Waals surface area contributed by atoms with Gasteiger partial charge in [0.15, 0.2) is 0 Å². The fourth-order valence-corrected chi connectivity index (χ4v) is 3.07. The van der Waals surface area contributed by atoms with E-state index in [1.165, 1.54) is 0 Å². The Balaban J connectivity index is 1.73. The lowest BCUT2D eigenvalue weighted by Crippen LogP contribution is -2.37. The molecule has 0 saturated carbocycles. The summed E-state index contributed by atoms with van der Waals surface area (Å²) < 4.78 is 5.36. The molecule has 0 radical (unpaired) electrons. The van der Waals surface area contributed by atoms with Crippen molar-refractivity contribution in [1.29, 1.82) is 0 Å². The molecule has 8 nitrogen and oxygen atoms in total. The number of aromatic nitrogens is 3. The van der Waals surface area contributed by atoms with Crippen LogP contribution >= 0.6 is 0 Å². The molecule has 26 heavy (non-hydrogen) atoms. The van der Waals surface area contributed by atoms with Gasteiger partial charge in [-0.05, 0) is 30.7 Å². The molecule has 1 saturated heterocycles. The summed E-state index contributed by atoms with van der Waals surface area (Å²) in [7, 11) is 0. The fourth-order valence-electron chi connectivity index (χ4n) is 3.07. The number of morpholine rings is 1. The van der Waals surface area contributed by atoms with E-state index in [4.69, 9.17) is 4.74 Å². The number of pyridine rings is 1. The predicted octanol–water partition coefficient (Wildman–Crippen LogP) is 2.54. The Morgan fingerprint density at radius 2 is 2.15 bits per heavy atom. The second-order valence-corrected chi connectivity index (χ2v) is 6.17. The van der Waals surface area contributed by atoms with Crippen LogP contribution in [0.15, 0.2) is 30.5 Å². The third kappa shape index (κ3) is 3.06. The molecule has 2 aromatic heterocycles. The van der Waals surface area contributed by atoms with Crippen LogP contribution in [0.2, 0.25) is 0 Å². The topological polar surface area (TPSA) is 103 Å². The summed E-state index contributed by atoms with van der Waals surface area (Å²) in [5, 5.41) is 12.8. The van der Waals surface area contributed by atoms with Crippen LogP contribution < -0.4 is 10.2 Å². The van der Waals surface area contributed by atoms with Crippen molar-refractivity contribution < 1.29 is 14.6 Å². The molecule has 8 heteroatoms. The molecule has 1 fully saturated rings. The van der Waals surface area contributed by atoms with Crippen LogP contribution in [0.3, 0.4) is 0 Å². The van der Waals surface area contributed by atoms with Crippen LogP contribution in [0.25, 0.3) is 11.0 Å². The van der Waals surface area contributed by atoms with Gasteiger partial charge >= 0.3 is 5.97 Å². The van der Waals surface area contributed by atoms with E-state index in [2.05, 4.69) is 20.3 Å². The van der Waals surface area contributed by atoms with Gasteiger partial charge in [-0.25, -0.2) is 14.8 Å². The zero-order valence-corrected chi connectivity index (χ0v) is 14.3. The lowest BCUT2D eigenvalue weighted by molar-refractivity contribution is 0.0696. The number of rotatable bonds is 4. The molecular formula is C18H19N5O3. The van der Waals surface area contributed by atoms with Gasteiger partial charge in [-0.15, -0.1) is 0 Å². The normalized spacial score (nSPS) is 14.6. The van der Waals surface area contributed by atoms with Crippen molar-refractivity contribution in [3.05, 3.63) is 41.6 Å². The lowest BCUT2D eigenvalue weighted by atomic mass is 10.1. The first-order chi connectivity index (χ1) is 12.6. The molecule has 1 aliphatic rings. The highest BCUT2D eigenvalue weighted by atomic mass is 16.5. The van der Waals surface area contributed by atoms with E-state index >= 15 is 0 Å². The summed E-state index contributed by atoms with van der Waals surface area (Å²) in [5.41, 5.74) is 3.28. The quantitative estimate of drug-likeness (QED) is 0.662. The highest BCUT2D eigenvalue weighted by molar-refractivity contribution is 6.00. The second-order valence-electron chi connectivity index (χ2n) is 6.17. The summed E-state index contributed by atoms with van der Waals surface area (Å²) in [4.78, 5) is 25.7. The van der Waals surface area contributed by atoms with Gasteiger partial charge in [-0.2, -0.15) is 0 Å². The number of aryl methyl sites for hydroxylation is 1. The summed E-state index contributed by atoms with van der Waals surface area (Å²) in [5.74, 6) is 0.272. The number of aromatic carboxylic acids is 1. The molecule has 0 atom stereocenters. The molecule has 3 aromatic rings. The molecular weight excluding hydrogens is 334 g/mol. The van der Waals surface area contributed by atoms with E-state index in [1.54, 1.807) is 12.3 Å². The van der Waals surface area contributed by atoms with Crippen molar-refractivity contribution in [2.45, 2.75) is 6.92 Å². The van der Waals surface area contributed by atoms with Crippen LogP contribution in [0.1, 0.15) is 15.9 Å². The Hall–Kier alpha value is -3.13. The lowest BCUT2D eigenvalue weighted by Gasteiger charge is -2.29. The van der Waals surface area contributed by atoms with Gasteiger partial charge in [0.25, 0.3) is 0 Å². The largest absolute Gasteiger partial charge is 0.478 e. The molecule has 3 N–H and O–H groups in total. The number of fused-ring (bicyclic) bond motifs is 1. The summed E-state index contributed by atoms with van der Waals surface area (Å²) in [6.07, 6.45) is 1.71. The van der Waals surface area contributed by atoms with Gasteiger partial charge < -0.3 is 25.0 Å². The maximum Gasteiger partial charge on any atom is 0.337 e. The number of hydrogen-bond donors (Lipinski definition) is 3. The standard InChI is InChI=1S/C18H19N5O3/c1-11-3-2-4-19-16(11)22-18-20-13-9-12(17(24)25)15(10-14(13)21-18)23-5-7-26-8-6-23/h2-4,9-10H,5-8H2,1H3,(H,24,25)(H2,19,20,21,22). The van der Waals surface area contributed by atoms with Crippen LogP contribution in [0, 0.1) is 6.92 Å². The van der Waals surface area contributed by atoms with Crippen LogP contribution in [0.5, 0.6) is 0 Å². The Kier molecular flexibility index (Phi) is 4.18. The number of imidazole rings is 1. The number of carboxylic acids is 1. The maximum absolute atomic E-state index is 11.7. The van der Waals surface area contributed by atoms with Gasteiger partial charge in [0.1, 0.15) is 5.82 Å². The summed E-state index contributed by atoms with van der Waals surface area (Å²) >= 11 is 0. The molecule has 0 aliphatic carbocycles. The number of nitrogens with zero attached hydrogens (tertiary/aromatic N) is 3. The van der Waals surface area contributed by atoms with Crippen molar-refractivity contribution >= 4 is 34.5 Å². The number of anilines is 3. The van der Waals surface area contributed by atoms with Crippen molar-refractivity contribution in [3.8, 4) is 0 Å². The fraction of sp³-hybridized carbons (Fsp3) is 0.278. The summed E-state index contributed by atoms with van der Waals surface area (Å²) in [6, 6.07) is 7.27. The van der Waals surface area contributed by atoms with E-state index < -0.39 is 5.97 Å². The molecule has 0 unspecified atom stereocenters. The molecule has 3 heterocycles. The van der Waals surface area contributed by atoms with Crippen LogP contribution in [0.4, 0.5) is 17.5 Å². The Morgan fingerprint density at radius 1 is 1.35 bits per heavy atom. The maximum atomic E-state index is 11.7. The van der Waals surface area contributed by atoms with E-state index in [1.807, 2.05) is 30.0 Å². The Labute approximate surface area is 149 Å². The number of carbonyl (C=O) groups is 1. The zero-order chi connectivity index (χ0) is 18.1. The Morgan fingerprint density at radius 3 is 2.88 bits per heavy atom. The number of H-pyrrole nitrogens is 1. The van der Waals surface area contributed by atoms with Gasteiger partial charge in [-0.3, -0.25) is 0 Å². The number of benzene rings is 1. The number of ether oxygens (including phenoxy) is 1. The summed E-state index contributed by atoms with van der Waals surface area (Å²) in [6.45, 7) is 4.45. The molecule has 4 rings (SSSR count). The average molecular weight is 353 g/mol. The smallest absolute Gasteiger partial charge is 0.337 e. The van der Waals surface area contributed by atoms with E-state index in [9.17, 15) is 9.90 Å². The molecule has 0 bridgehead atoms. The first-order valence-electron chi connectivity index (χ1n) is 8.40. The zero-order valence-electron chi connectivity index (χ0n) is 14.3. The number of nitrogens with one attached hydrogen (secondary N) is 2. The molecule has 0 amide bonds. The first kappa shape index (κ1) is 16.3. The average Bonchev–Trinajstić information content (AvgIpc) is 3.04. The van der Waals surface area contributed by atoms with Crippen LogP contribution in [-0.4, -0.2) is 52.3 Å². The third-order valence-corrected chi connectivity index (χ3v) is 4.43. The van der Waals surface area contributed by atoms with Gasteiger partial charge in [0.05, 0.1) is 35.5 Å².